The van der Waals surface area contributed by atoms with Gasteiger partial charge in [-0.15, -0.1) is 0 Å². The van der Waals surface area contributed by atoms with E-state index in [1.807, 2.05) is 18.7 Å². The Morgan fingerprint density at radius 1 is 1.56 bits per heavy atom. The van der Waals surface area contributed by atoms with Crippen LogP contribution in [0.4, 0.5) is 5.82 Å². The molecule has 1 aliphatic rings. The first-order valence-electron chi connectivity index (χ1n) is 5.98. The number of carbonyl (C=O) groups is 1. The highest BCUT2D eigenvalue weighted by molar-refractivity contribution is 5.95. The van der Waals surface area contributed by atoms with Crippen LogP contribution in [-0.4, -0.2) is 41.4 Å². The molecule has 5 heteroatoms. The molecule has 2 rings (SSSR count). The van der Waals surface area contributed by atoms with Crippen molar-refractivity contribution in [2.45, 2.75) is 26.4 Å². The molecule has 5 nitrogen and oxygen atoms in total. The number of hydrogen-bond acceptors (Lipinski definition) is 4. The Kier molecular flexibility index (Phi) is 3.26. The van der Waals surface area contributed by atoms with Gasteiger partial charge in [-0.3, -0.25) is 0 Å². The van der Waals surface area contributed by atoms with E-state index in [1.165, 1.54) is 0 Å². The lowest BCUT2D eigenvalue weighted by Crippen LogP contribution is -2.49. The van der Waals surface area contributed by atoms with Gasteiger partial charge in [-0.25, -0.2) is 9.78 Å². The van der Waals surface area contributed by atoms with Gasteiger partial charge < -0.3 is 14.7 Å². The molecule has 0 bridgehead atoms. The van der Waals surface area contributed by atoms with Crippen LogP contribution in [-0.2, 0) is 4.74 Å². The zero-order valence-corrected chi connectivity index (χ0v) is 10.9. The number of nitrogens with zero attached hydrogens (tertiary/aromatic N) is 2. The number of anilines is 1. The van der Waals surface area contributed by atoms with Crippen molar-refractivity contribution in [1.29, 1.82) is 0 Å². The van der Waals surface area contributed by atoms with Gasteiger partial charge in [0.1, 0.15) is 11.4 Å². The monoisotopic (exact) mass is 250 g/mol. The number of ether oxygens (including phenoxy) is 1. The number of aryl methyl sites for hydroxylation is 1. The number of aromatic nitrogens is 1. The first kappa shape index (κ1) is 12.8. The average molecular weight is 250 g/mol. The average Bonchev–Trinajstić information content (AvgIpc) is 2.26. The summed E-state index contributed by atoms with van der Waals surface area (Å²) in [6.45, 7) is 7.68. The van der Waals surface area contributed by atoms with Gasteiger partial charge in [-0.1, -0.05) is 0 Å². The van der Waals surface area contributed by atoms with Crippen LogP contribution < -0.4 is 4.90 Å². The van der Waals surface area contributed by atoms with Crippen LogP contribution in [0.5, 0.6) is 0 Å². The maximum atomic E-state index is 11.3. The van der Waals surface area contributed by atoms with Gasteiger partial charge in [-0.05, 0) is 32.4 Å². The zero-order chi connectivity index (χ0) is 13.3. The van der Waals surface area contributed by atoms with E-state index in [9.17, 15) is 9.90 Å². The predicted molar refractivity (Wildman–Crippen MR) is 68.2 cm³/mol. The molecule has 1 aromatic heterocycles. The number of rotatable bonds is 2. The molecule has 1 aliphatic heterocycles. The van der Waals surface area contributed by atoms with Gasteiger partial charge in [0.2, 0.25) is 0 Å². The molecule has 0 radical (unpaired) electrons. The molecule has 0 atom stereocenters. The smallest absolute Gasteiger partial charge is 0.339 e. The summed E-state index contributed by atoms with van der Waals surface area (Å²) in [5.41, 5.74) is 0.742. The summed E-state index contributed by atoms with van der Waals surface area (Å²) in [6, 6.07) is 1.72. The van der Waals surface area contributed by atoms with E-state index in [4.69, 9.17) is 4.74 Å². The number of carboxylic acids is 1. The van der Waals surface area contributed by atoms with Crippen molar-refractivity contribution < 1.29 is 14.6 Å². The third-order valence-electron chi connectivity index (χ3n) is 3.08. The molecule has 0 aromatic carbocycles. The fraction of sp³-hybridized carbons (Fsp3) is 0.538. The van der Waals surface area contributed by atoms with Gasteiger partial charge in [0, 0.05) is 19.3 Å². The number of hydrogen-bond donors (Lipinski definition) is 1. The molecule has 1 aromatic rings. The summed E-state index contributed by atoms with van der Waals surface area (Å²) < 4.78 is 5.63. The third kappa shape index (κ3) is 2.46. The molecule has 0 saturated carbocycles. The molecule has 18 heavy (non-hydrogen) atoms. The van der Waals surface area contributed by atoms with Crippen molar-refractivity contribution >= 4 is 11.8 Å². The van der Waals surface area contributed by atoms with Gasteiger partial charge in [0.05, 0.1) is 12.2 Å². The van der Waals surface area contributed by atoms with Crippen LogP contribution in [0.1, 0.15) is 29.8 Å². The minimum atomic E-state index is -0.931. The molecule has 0 unspecified atom stereocenters. The van der Waals surface area contributed by atoms with E-state index in [1.54, 1.807) is 19.2 Å². The van der Waals surface area contributed by atoms with Gasteiger partial charge in [0.25, 0.3) is 0 Å². The summed E-state index contributed by atoms with van der Waals surface area (Å²) in [7, 11) is 0. The molecular weight excluding hydrogens is 232 g/mol. The topological polar surface area (TPSA) is 62.7 Å². The van der Waals surface area contributed by atoms with Crippen LogP contribution in [0.3, 0.4) is 0 Å². The third-order valence-corrected chi connectivity index (χ3v) is 3.08. The Balaban J connectivity index is 2.39. The summed E-state index contributed by atoms with van der Waals surface area (Å²) in [5, 5.41) is 9.31. The number of morpholine rings is 1. The maximum absolute atomic E-state index is 11.3. The summed E-state index contributed by atoms with van der Waals surface area (Å²) in [4.78, 5) is 17.6. The molecule has 0 spiro atoms. The van der Waals surface area contributed by atoms with Crippen LogP contribution in [0.25, 0.3) is 0 Å². The molecular formula is C13H18N2O3. The summed E-state index contributed by atoms with van der Waals surface area (Å²) in [6.07, 6.45) is 1.65. The van der Waals surface area contributed by atoms with Gasteiger partial charge in [-0.2, -0.15) is 0 Å². The van der Waals surface area contributed by atoms with Crippen molar-refractivity contribution in [2.75, 3.05) is 24.6 Å². The molecule has 1 N–H and O–H groups in total. The Morgan fingerprint density at radius 2 is 2.28 bits per heavy atom. The van der Waals surface area contributed by atoms with Crippen molar-refractivity contribution in [3.05, 3.63) is 23.4 Å². The molecule has 98 valence electrons. The van der Waals surface area contributed by atoms with Crippen molar-refractivity contribution in [1.82, 2.24) is 4.98 Å². The fourth-order valence-electron chi connectivity index (χ4n) is 2.25. The van der Waals surface area contributed by atoms with E-state index in [2.05, 4.69) is 4.98 Å². The van der Waals surface area contributed by atoms with Crippen LogP contribution in [0.15, 0.2) is 12.3 Å². The number of aromatic carboxylic acids is 1. The van der Waals surface area contributed by atoms with Crippen LogP contribution in [0, 0.1) is 6.92 Å². The highest BCUT2D eigenvalue weighted by Gasteiger charge is 2.30. The molecule has 0 aliphatic carbocycles. The minimum Gasteiger partial charge on any atom is -0.478 e. The second-order valence-electron chi connectivity index (χ2n) is 5.16. The number of pyridine rings is 1. The second-order valence-corrected chi connectivity index (χ2v) is 5.16. The summed E-state index contributed by atoms with van der Waals surface area (Å²) >= 11 is 0. The lowest BCUT2D eigenvalue weighted by Gasteiger charge is -2.39. The second kappa shape index (κ2) is 4.57. The highest BCUT2D eigenvalue weighted by Crippen LogP contribution is 2.26. The Bertz CT molecular complexity index is 471. The van der Waals surface area contributed by atoms with E-state index in [0.29, 0.717) is 25.5 Å². The first-order valence-corrected chi connectivity index (χ1v) is 5.98. The lowest BCUT2D eigenvalue weighted by atomic mass is 10.1. The van der Waals surface area contributed by atoms with Crippen molar-refractivity contribution in [2.24, 2.45) is 0 Å². The van der Waals surface area contributed by atoms with E-state index >= 15 is 0 Å². The quantitative estimate of drug-likeness (QED) is 0.865. The molecule has 0 amide bonds. The minimum absolute atomic E-state index is 0.278. The van der Waals surface area contributed by atoms with E-state index in [0.717, 1.165) is 5.56 Å². The normalized spacial score (nSPS) is 18.7. The molecule has 2 heterocycles. The molecule has 1 saturated heterocycles. The van der Waals surface area contributed by atoms with Gasteiger partial charge >= 0.3 is 5.97 Å². The predicted octanol–water partition coefficient (Wildman–Crippen LogP) is 1.70. The highest BCUT2D eigenvalue weighted by atomic mass is 16.5. The Morgan fingerprint density at radius 3 is 2.89 bits per heavy atom. The molecule has 1 fully saturated rings. The summed E-state index contributed by atoms with van der Waals surface area (Å²) in [5.74, 6) is -0.390. The first-order chi connectivity index (χ1) is 8.41. The Hall–Kier alpha value is -1.62. The van der Waals surface area contributed by atoms with Gasteiger partial charge in [0.15, 0.2) is 0 Å². The van der Waals surface area contributed by atoms with E-state index in [-0.39, 0.29) is 11.2 Å². The number of carboxylic acid groups (broad SMARTS) is 1. The SMILES string of the molecule is Cc1ccnc(N2CCOC(C)(C)C2)c1C(=O)O. The zero-order valence-electron chi connectivity index (χ0n) is 10.9. The lowest BCUT2D eigenvalue weighted by molar-refractivity contribution is -0.0279. The van der Waals surface area contributed by atoms with Crippen LogP contribution >= 0.6 is 0 Å². The Labute approximate surface area is 106 Å². The van der Waals surface area contributed by atoms with Crippen molar-refractivity contribution in [3.63, 3.8) is 0 Å². The fourth-order valence-corrected chi connectivity index (χ4v) is 2.25. The standard InChI is InChI=1S/C13H18N2O3/c1-9-4-5-14-11(10(9)12(16)17)15-6-7-18-13(2,3)8-15/h4-5H,6-8H2,1-3H3,(H,16,17). The van der Waals surface area contributed by atoms with Crippen molar-refractivity contribution in [3.8, 4) is 0 Å². The maximum Gasteiger partial charge on any atom is 0.339 e. The van der Waals surface area contributed by atoms with E-state index < -0.39 is 5.97 Å². The largest absolute Gasteiger partial charge is 0.478 e. The van der Waals surface area contributed by atoms with Crippen LogP contribution in [0.2, 0.25) is 0 Å².